The molecule has 0 saturated carbocycles. The van der Waals surface area contributed by atoms with Crippen LogP contribution >= 0.6 is 0 Å². The van der Waals surface area contributed by atoms with Gasteiger partial charge in [-0.3, -0.25) is 4.79 Å². The van der Waals surface area contributed by atoms with E-state index < -0.39 is 0 Å². The maximum Gasteiger partial charge on any atom is 0.302 e. The molecule has 1 aliphatic rings. The van der Waals surface area contributed by atoms with Crippen LogP contribution in [0.5, 0.6) is 0 Å². The molecule has 0 spiro atoms. The van der Waals surface area contributed by atoms with E-state index in [1.807, 2.05) is 42.5 Å². The SMILES string of the molecule is CC(=O)OCC1C=CCC(n2nnc(Cc3ccccc3)n2)O1. The minimum Gasteiger partial charge on any atom is -0.463 e. The third-order valence-electron chi connectivity index (χ3n) is 3.40. The molecule has 0 aliphatic carbocycles. The summed E-state index contributed by atoms with van der Waals surface area (Å²) < 4.78 is 10.8. The first-order valence-electron chi connectivity index (χ1n) is 7.48. The third-order valence-corrected chi connectivity index (χ3v) is 3.40. The summed E-state index contributed by atoms with van der Waals surface area (Å²) in [5.41, 5.74) is 1.13. The zero-order valence-electron chi connectivity index (χ0n) is 12.8. The first-order chi connectivity index (χ1) is 11.2. The Kier molecular flexibility index (Phi) is 4.77. The number of aromatic nitrogens is 4. The number of hydrogen-bond acceptors (Lipinski definition) is 6. The minimum absolute atomic E-state index is 0.188. The number of ether oxygens (including phenoxy) is 2. The van der Waals surface area contributed by atoms with Gasteiger partial charge in [0.05, 0.1) is 0 Å². The van der Waals surface area contributed by atoms with Gasteiger partial charge < -0.3 is 9.47 Å². The van der Waals surface area contributed by atoms with E-state index in [0.717, 1.165) is 5.56 Å². The summed E-state index contributed by atoms with van der Waals surface area (Å²) in [6.45, 7) is 1.56. The lowest BCUT2D eigenvalue weighted by Gasteiger charge is -2.24. The van der Waals surface area contributed by atoms with Gasteiger partial charge in [0.1, 0.15) is 12.7 Å². The molecule has 7 heteroatoms. The van der Waals surface area contributed by atoms with E-state index in [4.69, 9.17) is 9.47 Å². The predicted octanol–water partition coefficient (Wildman–Crippen LogP) is 1.67. The van der Waals surface area contributed by atoms with Crippen molar-refractivity contribution in [3.63, 3.8) is 0 Å². The fourth-order valence-corrected chi connectivity index (χ4v) is 2.32. The van der Waals surface area contributed by atoms with Crippen LogP contribution in [-0.2, 0) is 20.7 Å². The number of nitrogens with zero attached hydrogens (tertiary/aromatic N) is 4. The van der Waals surface area contributed by atoms with Crippen LogP contribution in [0.3, 0.4) is 0 Å². The number of carbonyl (C=O) groups is 1. The van der Waals surface area contributed by atoms with Gasteiger partial charge in [0.2, 0.25) is 0 Å². The van der Waals surface area contributed by atoms with E-state index in [1.165, 1.54) is 11.7 Å². The molecule has 120 valence electrons. The van der Waals surface area contributed by atoms with E-state index in [-0.39, 0.29) is 24.9 Å². The Hall–Kier alpha value is -2.54. The molecular weight excluding hydrogens is 296 g/mol. The fraction of sp³-hybridized carbons (Fsp3) is 0.375. The summed E-state index contributed by atoms with van der Waals surface area (Å²) in [5, 5.41) is 12.5. The predicted molar refractivity (Wildman–Crippen MR) is 81.4 cm³/mol. The van der Waals surface area contributed by atoms with E-state index in [2.05, 4.69) is 15.4 Å². The van der Waals surface area contributed by atoms with Gasteiger partial charge in [-0.2, -0.15) is 0 Å². The van der Waals surface area contributed by atoms with Gasteiger partial charge in [0.25, 0.3) is 0 Å². The normalized spacial score (nSPS) is 20.4. The lowest BCUT2D eigenvalue weighted by Crippen LogP contribution is -2.28. The van der Waals surface area contributed by atoms with Crippen LogP contribution in [0.15, 0.2) is 42.5 Å². The second-order valence-electron chi connectivity index (χ2n) is 5.28. The van der Waals surface area contributed by atoms with E-state index in [0.29, 0.717) is 18.7 Å². The molecule has 2 heterocycles. The van der Waals surface area contributed by atoms with Crippen molar-refractivity contribution < 1.29 is 14.3 Å². The first-order valence-corrected chi connectivity index (χ1v) is 7.48. The molecule has 2 atom stereocenters. The lowest BCUT2D eigenvalue weighted by molar-refractivity contribution is -0.148. The van der Waals surface area contributed by atoms with Crippen molar-refractivity contribution in [3.8, 4) is 0 Å². The highest BCUT2D eigenvalue weighted by Crippen LogP contribution is 2.20. The Bertz CT molecular complexity index is 684. The molecule has 23 heavy (non-hydrogen) atoms. The van der Waals surface area contributed by atoms with Crippen molar-refractivity contribution in [2.24, 2.45) is 0 Å². The number of benzene rings is 1. The molecule has 0 amide bonds. The van der Waals surface area contributed by atoms with Crippen LogP contribution in [0.1, 0.15) is 31.0 Å². The molecule has 2 unspecified atom stereocenters. The topological polar surface area (TPSA) is 79.1 Å². The second-order valence-corrected chi connectivity index (χ2v) is 5.28. The van der Waals surface area contributed by atoms with Gasteiger partial charge >= 0.3 is 5.97 Å². The van der Waals surface area contributed by atoms with Crippen molar-refractivity contribution in [2.75, 3.05) is 6.61 Å². The molecule has 2 aromatic rings. The Labute approximate surface area is 133 Å². The van der Waals surface area contributed by atoms with E-state index in [9.17, 15) is 4.79 Å². The molecule has 0 saturated heterocycles. The van der Waals surface area contributed by atoms with Crippen LogP contribution in [0, 0.1) is 0 Å². The van der Waals surface area contributed by atoms with Crippen LogP contribution in [-0.4, -0.2) is 38.9 Å². The summed E-state index contributed by atoms with van der Waals surface area (Å²) in [4.78, 5) is 12.3. The molecule has 7 nitrogen and oxygen atoms in total. The summed E-state index contributed by atoms with van der Waals surface area (Å²) in [6.07, 6.45) is 4.50. The average Bonchev–Trinajstić information content (AvgIpc) is 3.03. The Morgan fingerprint density at radius 3 is 3.00 bits per heavy atom. The fourth-order valence-electron chi connectivity index (χ4n) is 2.32. The molecular formula is C16H18N4O3. The molecule has 1 aromatic heterocycles. The van der Waals surface area contributed by atoms with Gasteiger partial charge in [0.15, 0.2) is 12.1 Å². The van der Waals surface area contributed by atoms with Crippen LogP contribution in [0.25, 0.3) is 0 Å². The van der Waals surface area contributed by atoms with Crippen molar-refractivity contribution >= 4 is 5.97 Å². The van der Waals surface area contributed by atoms with E-state index in [1.54, 1.807) is 0 Å². The van der Waals surface area contributed by atoms with Crippen molar-refractivity contribution in [1.29, 1.82) is 0 Å². The summed E-state index contributed by atoms with van der Waals surface area (Å²) in [7, 11) is 0. The number of carbonyl (C=O) groups excluding carboxylic acids is 1. The number of rotatable bonds is 5. The highest BCUT2D eigenvalue weighted by Gasteiger charge is 2.22. The van der Waals surface area contributed by atoms with Crippen molar-refractivity contribution in [2.45, 2.75) is 32.1 Å². The summed E-state index contributed by atoms with van der Waals surface area (Å²) >= 11 is 0. The van der Waals surface area contributed by atoms with Gasteiger partial charge in [-0.25, -0.2) is 0 Å². The average molecular weight is 314 g/mol. The smallest absolute Gasteiger partial charge is 0.302 e. The lowest BCUT2D eigenvalue weighted by atomic mass is 10.1. The van der Waals surface area contributed by atoms with Gasteiger partial charge in [-0.05, 0) is 10.8 Å². The maximum atomic E-state index is 10.9. The standard InChI is InChI=1S/C16H18N4O3/c1-12(21)22-11-14-8-5-9-16(23-14)20-18-15(17-19-20)10-13-6-3-2-4-7-13/h2-8,14,16H,9-11H2,1H3. The van der Waals surface area contributed by atoms with Crippen LogP contribution < -0.4 is 0 Å². The minimum atomic E-state index is -0.336. The van der Waals surface area contributed by atoms with Crippen molar-refractivity contribution in [1.82, 2.24) is 20.2 Å². The van der Waals surface area contributed by atoms with Crippen molar-refractivity contribution in [3.05, 3.63) is 53.9 Å². The Morgan fingerprint density at radius 2 is 2.22 bits per heavy atom. The quantitative estimate of drug-likeness (QED) is 0.617. The number of tetrazole rings is 1. The molecule has 0 radical (unpaired) electrons. The largest absolute Gasteiger partial charge is 0.463 e. The first kappa shape index (κ1) is 15.4. The molecule has 0 N–H and O–H groups in total. The zero-order valence-corrected chi connectivity index (χ0v) is 12.8. The second kappa shape index (κ2) is 7.15. The van der Waals surface area contributed by atoms with E-state index >= 15 is 0 Å². The number of esters is 1. The Balaban J connectivity index is 1.61. The molecule has 0 bridgehead atoms. The van der Waals surface area contributed by atoms with Gasteiger partial charge in [-0.1, -0.05) is 42.5 Å². The highest BCUT2D eigenvalue weighted by atomic mass is 16.6. The maximum absolute atomic E-state index is 10.9. The Morgan fingerprint density at radius 1 is 1.39 bits per heavy atom. The van der Waals surface area contributed by atoms with Gasteiger partial charge in [0, 0.05) is 19.8 Å². The van der Waals surface area contributed by atoms with Crippen LogP contribution in [0.2, 0.25) is 0 Å². The number of hydrogen-bond donors (Lipinski definition) is 0. The summed E-state index contributed by atoms with van der Waals surface area (Å²) in [6, 6.07) is 9.98. The summed E-state index contributed by atoms with van der Waals surface area (Å²) in [5.74, 6) is 0.319. The monoisotopic (exact) mass is 314 g/mol. The van der Waals surface area contributed by atoms with Gasteiger partial charge in [-0.15, -0.1) is 15.0 Å². The molecule has 3 rings (SSSR count). The highest BCUT2D eigenvalue weighted by molar-refractivity contribution is 5.65. The third kappa shape index (κ3) is 4.23. The molecule has 1 aromatic carbocycles. The molecule has 1 aliphatic heterocycles. The zero-order chi connectivity index (χ0) is 16.1. The van der Waals surface area contributed by atoms with Crippen LogP contribution in [0.4, 0.5) is 0 Å². The molecule has 0 fully saturated rings.